The molecule has 2 aliphatic heterocycles. The Morgan fingerprint density at radius 3 is 2.36 bits per heavy atom. The average Bonchev–Trinajstić information content (AvgIpc) is 3.40. The van der Waals surface area contributed by atoms with E-state index in [2.05, 4.69) is 21.9 Å². The molecule has 5 rings (SSSR count). The maximum absolute atomic E-state index is 6.35. The predicted molar refractivity (Wildman–Crippen MR) is 127 cm³/mol. The molecule has 0 saturated carbocycles. The van der Waals surface area contributed by atoms with E-state index in [-0.39, 0.29) is 0 Å². The molecule has 0 N–H and O–H groups in total. The van der Waals surface area contributed by atoms with E-state index in [4.69, 9.17) is 24.2 Å². The second-order valence-electron chi connectivity index (χ2n) is 8.54. The largest absolute Gasteiger partial charge is 0.497 e. The van der Waals surface area contributed by atoms with Crippen LogP contribution in [0.2, 0.25) is 0 Å². The fourth-order valence-corrected chi connectivity index (χ4v) is 4.47. The van der Waals surface area contributed by atoms with Crippen LogP contribution in [0.3, 0.4) is 0 Å². The molecule has 0 spiro atoms. The van der Waals surface area contributed by atoms with Crippen molar-refractivity contribution in [1.29, 1.82) is 0 Å². The molecular formula is C26H30N4O3. The van der Waals surface area contributed by atoms with E-state index in [9.17, 15) is 0 Å². The number of rotatable bonds is 7. The number of benzene rings is 2. The molecule has 7 heteroatoms. The van der Waals surface area contributed by atoms with Gasteiger partial charge in [0.25, 0.3) is 0 Å². The van der Waals surface area contributed by atoms with Crippen LogP contribution >= 0.6 is 0 Å². The van der Waals surface area contributed by atoms with E-state index in [1.54, 1.807) is 14.2 Å². The fourth-order valence-electron chi connectivity index (χ4n) is 4.47. The second-order valence-corrected chi connectivity index (χ2v) is 8.54. The van der Waals surface area contributed by atoms with Crippen molar-refractivity contribution in [3.05, 3.63) is 65.4 Å². The summed E-state index contributed by atoms with van der Waals surface area (Å²) in [5.41, 5.74) is 3.42. The smallest absolute Gasteiger partial charge is 0.228 e. The molecule has 1 saturated heterocycles. The Balaban J connectivity index is 1.43. The lowest BCUT2D eigenvalue weighted by molar-refractivity contribution is 0.238. The van der Waals surface area contributed by atoms with Gasteiger partial charge in [0.15, 0.2) is 0 Å². The summed E-state index contributed by atoms with van der Waals surface area (Å²) in [4.78, 5) is 14.5. The summed E-state index contributed by atoms with van der Waals surface area (Å²) in [5.74, 6) is 3.79. The normalized spacial score (nSPS) is 15.9. The minimum Gasteiger partial charge on any atom is -0.497 e. The minimum atomic E-state index is 0.648. The molecule has 33 heavy (non-hydrogen) atoms. The second kappa shape index (κ2) is 9.67. The summed E-state index contributed by atoms with van der Waals surface area (Å²) in [6.45, 7) is 4.56. The first-order valence-corrected chi connectivity index (χ1v) is 11.5. The van der Waals surface area contributed by atoms with Crippen molar-refractivity contribution < 1.29 is 14.2 Å². The average molecular weight is 447 g/mol. The summed E-state index contributed by atoms with van der Waals surface area (Å²) in [7, 11) is 3.35. The summed E-state index contributed by atoms with van der Waals surface area (Å²) in [6.07, 6.45) is 3.24. The van der Waals surface area contributed by atoms with Crippen molar-refractivity contribution >= 4 is 5.95 Å². The summed E-state index contributed by atoms with van der Waals surface area (Å²) >= 11 is 0. The van der Waals surface area contributed by atoms with Crippen molar-refractivity contribution in [3.8, 4) is 23.1 Å². The molecule has 0 bridgehead atoms. The SMILES string of the molecule is COc1ccc(CN2CCc3nc(N4CCCC4)nc(Oc4cccc(OC)c4)c3C2)cc1. The number of hydrogen-bond acceptors (Lipinski definition) is 7. The Kier molecular flexibility index (Phi) is 6.30. The molecule has 7 nitrogen and oxygen atoms in total. The maximum atomic E-state index is 6.35. The number of methoxy groups -OCH3 is 2. The van der Waals surface area contributed by atoms with Gasteiger partial charge in [-0.05, 0) is 42.7 Å². The van der Waals surface area contributed by atoms with Gasteiger partial charge in [-0.25, -0.2) is 4.98 Å². The lowest BCUT2D eigenvalue weighted by atomic mass is 10.1. The Bertz CT molecular complexity index is 1100. The zero-order valence-electron chi connectivity index (χ0n) is 19.3. The molecule has 2 aromatic carbocycles. The molecule has 0 amide bonds. The van der Waals surface area contributed by atoms with Crippen LogP contribution in [0.15, 0.2) is 48.5 Å². The van der Waals surface area contributed by atoms with Gasteiger partial charge >= 0.3 is 0 Å². The quantitative estimate of drug-likeness (QED) is 0.532. The summed E-state index contributed by atoms with van der Waals surface area (Å²) in [6, 6.07) is 15.9. The molecule has 172 valence electrons. The zero-order valence-corrected chi connectivity index (χ0v) is 19.3. The van der Waals surface area contributed by atoms with Gasteiger partial charge in [-0.3, -0.25) is 4.90 Å². The van der Waals surface area contributed by atoms with Crippen LogP contribution in [0.25, 0.3) is 0 Å². The monoisotopic (exact) mass is 446 g/mol. The third-order valence-electron chi connectivity index (χ3n) is 6.30. The molecule has 3 heterocycles. The Morgan fingerprint density at radius 1 is 0.848 bits per heavy atom. The molecule has 1 aromatic heterocycles. The zero-order chi connectivity index (χ0) is 22.6. The van der Waals surface area contributed by atoms with Gasteiger partial charge in [0.05, 0.1) is 25.5 Å². The first-order valence-electron chi connectivity index (χ1n) is 11.5. The molecule has 1 fully saturated rings. The minimum absolute atomic E-state index is 0.648. The fraction of sp³-hybridized carbons (Fsp3) is 0.385. The molecule has 0 atom stereocenters. The van der Waals surface area contributed by atoms with Crippen LogP contribution in [-0.4, -0.2) is 48.7 Å². The molecule has 0 unspecified atom stereocenters. The number of aromatic nitrogens is 2. The van der Waals surface area contributed by atoms with E-state index < -0.39 is 0 Å². The standard InChI is InChI=1S/C26H30N4O3/c1-31-20-10-8-19(9-11-20)17-29-15-12-24-23(18-29)25(28-26(27-24)30-13-3-4-14-30)33-22-7-5-6-21(16-22)32-2/h5-11,16H,3-4,12-15,17-18H2,1-2H3. The molecule has 0 aliphatic carbocycles. The van der Waals surface area contributed by atoms with Gasteiger partial charge in [-0.15, -0.1) is 0 Å². The highest BCUT2D eigenvalue weighted by Gasteiger charge is 2.26. The van der Waals surface area contributed by atoms with Crippen LogP contribution in [0.4, 0.5) is 5.95 Å². The van der Waals surface area contributed by atoms with Gasteiger partial charge < -0.3 is 19.1 Å². The molecule has 3 aromatic rings. The Labute approximate surface area is 194 Å². The van der Waals surface area contributed by atoms with E-state index >= 15 is 0 Å². The third-order valence-corrected chi connectivity index (χ3v) is 6.30. The highest BCUT2D eigenvalue weighted by molar-refractivity contribution is 5.45. The highest BCUT2D eigenvalue weighted by atomic mass is 16.5. The number of ether oxygens (including phenoxy) is 3. The number of nitrogens with zero attached hydrogens (tertiary/aromatic N) is 4. The van der Waals surface area contributed by atoms with Gasteiger partial charge in [0, 0.05) is 45.2 Å². The van der Waals surface area contributed by atoms with Crippen molar-refractivity contribution in [3.63, 3.8) is 0 Å². The van der Waals surface area contributed by atoms with Gasteiger partial charge in [0.2, 0.25) is 11.8 Å². The predicted octanol–water partition coefficient (Wildman–Crippen LogP) is 4.44. The molecule has 2 aliphatic rings. The van der Waals surface area contributed by atoms with Gasteiger partial charge in [0.1, 0.15) is 17.2 Å². The van der Waals surface area contributed by atoms with Crippen LogP contribution in [0, 0.1) is 0 Å². The Hall–Kier alpha value is -3.32. The van der Waals surface area contributed by atoms with Crippen LogP contribution in [-0.2, 0) is 19.5 Å². The molecular weight excluding hydrogens is 416 g/mol. The van der Waals surface area contributed by atoms with Crippen molar-refractivity contribution in [2.24, 2.45) is 0 Å². The van der Waals surface area contributed by atoms with Crippen molar-refractivity contribution in [1.82, 2.24) is 14.9 Å². The first-order chi connectivity index (χ1) is 16.2. The highest BCUT2D eigenvalue weighted by Crippen LogP contribution is 2.33. The number of fused-ring (bicyclic) bond motifs is 1. The third kappa shape index (κ3) is 4.88. The first kappa shape index (κ1) is 21.5. The van der Waals surface area contributed by atoms with E-state index in [1.165, 1.54) is 18.4 Å². The number of hydrogen-bond donors (Lipinski definition) is 0. The molecule has 0 radical (unpaired) electrons. The van der Waals surface area contributed by atoms with Crippen LogP contribution in [0.1, 0.15) is 29.7 Å². The number of anilines is 1. The van der Waals surface area contributed by atoms with E-state index in [0.29, 0.717) is 5.88 Å². The van der Waals surface area contributed by atoms with Gasteiger partial charge in [-0.1, -0.05) is 18.2 Å². The van der Waals surface area contributed by atoms with Crippen molar-refractivity contribution in [2.45, 2.75) is 32.4 Å². The van der Waals surface area contributed by atoms with Gasteiger partial charge in [-0.2, -0.15) is 4.98 Å². The maximum Gasteiger partial charge on any atom is 0.228 e. The van der Waals surface area contributed by atoms with E-state index in [0.717, 1.165) is 73.6 Å². The summed E-state index contributed by atoms with van der Waals surface area (Å²) in [5, 5.41) is 0. The lowest BCUT2D eigenvalue weighted by Gasteiger charge is -2.30. The topological polar surface area (TPSA) is 60.0 Å². The van der Waals surface area contributed by atoms with Crippen LogP contribution < -0.4 is 19.1 Å². The lowest BCUT2D eigenvalue weighted by Crippen LogP contribution is -2.32. The van der Waals surface area contributed by atoms with Crippen LogP contribution in [0.5, 0.6) is 23.1 Å². The van der Waals surface area contributed by atoms with E-state index in [1.807, 2.05) is 36.4 Å². The Morgan fingerprint density at radius 2 is 1.61 bits per heavy atom. The summed E-state index contributed by atoms with van der Waals surface area (Å²) < 4.78 is 17.0. The van der Waals surface area contributed by atoms with Crippen molar-refractivity contribution in [2.75, 3.05) is 38.8 Å².